The Balaban J connectivity index is 0.000000816. The van der Waals surface area contributed by atoms with Crippen molar-refractivity contribution < 1.29 is 31.1 Å². The number of benzene rings is 2. The maximum absolute atomic E-state index is 10.3. The van der Waals surface area contributed by atoms with Crippen LogP contribution in [-0.2, 0) is 20.8 Å². The first kappa shape index (κ1) is 20.5. The van der Waals surface area contributed by atoms with E-state index in [-0.39, 0.29) is 5.92 Å². The van der Waals surface area contributed by atoms with Gasteiger partial charge in [-0.15, -0.1) is 0 Å². The third kappa shape index (κ3) is 5.24. The molecule has 5 heteroatoms. The fourth-order valence-corrected chi connectivity index (χ4v) is 2.81. The molecule has 0 spiro atoms. The van der Waals surface area contributed by atoms with Crippen LogP contribution in [0.3, 0.4) is 0 Å². The Labute approximate surface area is 157 Å². The maximum atomic E-state index is 10.3. The third-order valence-corrected chi connectivity index (χ3v) is 3.88. The van der Waals surface area contributed by atoms with E-state index >= 15 is 0 Å². The molecule has 0 aliphatic heterocycles. The van der Waals surface area contributed by atoms with Crippen LogP contribution in [0, 0.1) is 27.7 Å². The van der Waals surface area contributed by atoms with Crippen molar-refractivity contribution in [2.24, 2.45) is 0 Å². The van der Waals surface area contributed by atoms with Crippen molar-refractivity contribution in [2.45, 2.75) is 40.5 Å². The minimum atomic E-state index is -0.826. The van der Waals surface area contributed by atoms with Crippen molar-refractivity contribution >= 4 is 17.0 Å². The van der Waals surface area contributed by atoms with Crippen LogP contribution in [-0.4, -0.2) is 10.2 Å². The number of halogens is 2. The van der Waals surface area contributed by atoms with E-state index < -0.39 is 20.8 Å². The van der Waals surface area contributed by atoms with Gasteiger partial charge < -0.3 is 10.2 Å². The van der Waals surface area contributed by atoms with E-state index in [4.69, 9.17) is 17.0 Å². The number of aryl methyl sites for hydroxylation is 4. The molecular formula is C18H22Cl2O2Zr. The molecule has 0 radical (unpaired) electrons. The molecule has 23 heavy (non-hydrogen) atoms. The summed E-state index contributed by atoms with van der Waals surface area (Å²) in [6.07, 6.45) is 0. The summed E-state index contributed by atoms with van der Waals surface area (Å²) in [6, 6.07) is 7.91. The topological polar surface area (TPSA) is 40.5 Å². The van der Waals surface area contributed by atoms with Crippen LogP contribution in [0.4, 0.5) is 0 Å². The van der Waals surface area contributed by atoms with Gasteiger partial charge in [-0.2, -0.15) is 0 Å². The summed E-state index contributed by atoms with van der Waals surface area (Å²) in [6.45, 7) is 9.86. The average Bonchev–Trinajstić information content (AvgIpc) is 2.46. The summed E-state index contributed by atoms with van der Waals surface area (Å²) in [5, 5.41) is 20.6. The van der Waals surface area contributed by atoms with Crippen LogP contribution in [0.15, 0.2) is 24.3 Å². The van der Waals surface area contributed by atoms with Gasteiger partial charge in [0, 0.05) is 17.0 Å². The van der Waals surface area contributed by atoms with Crippen LogP contribution < -0.4 is 0 Å². The SMILES string of the molecule is Cc1cc(C)c(O)c(C(C)c2cc(C)cc(C)c2O)c1.[Cl][Zr][Cl]. The molecule has 0 atom stereocenters. The molecular weight excluding hydrogens is 410 g/mol. The average molecular weight is 433 g/mol. The molecule has 0 aliphatic rings. The Morgan fingerprint density at radius 2 is 1.09 bits per heavy atom. The Kier molecular flexibility index (Phi) is 8.14. The fraction of sp³-hybridized carbons (Fsp3) is 0.333. The first-order valence-corrected chi connectivity index (χ1v) is 13.6. The van der Waals surface area contributed by atoms with Crippen molar-refractivity contribution in [1.82, 2.24) is 0 Å². The summed E-state index contributed by atoms with van der Waals surface area (Å²) < 4.78 is 0. The van der Waals surface area contributed by atoms with Crippen molar-refractivity contribution in [1.29, 1.82) is 0 Å². The number of rotatable bonds is 2. The molecule has 2 nitrogen and oxygen atoms in total. The van der Waals surface area contributed by atoms with E-state index in [1.807, 2.05) is 58.9 Å². The standard InChI is InChI=1S/C18H22O2.2ClH.Zr/c1-10-6-12(3)17(19)15(8-10)14(5)16-9-11(2)7-13(4)18(16)20;;;/h6-9,14,19-20H,1-5H3;2*1H;/q;;;+2/p-2. The molecule has 0 saturated heterocycles. The molecule has 2 aromatic rings. The number of hydrogen-bond acceptors (Lipinski definition) is 2. The van der Waals surface area contributed by atoms with Crippen molar-refractivity contribution in [3.8, 4) is 11.5 Å². The van der Waals surface area contributed by atoms with Gasteiger partial charge in [-0.25, -0.2) is 0 Å². The van der Waals surface area contributed by atoms with E-state index in [1.165, 1.54) is 0 Å². The monoisotopic (exact) mass is 430 g/mol. The van der Waals surface area contributed by atoms with Gasteiger partial charge in [-0.3, -0.25) is 0 Å². The number of phenolic OH excluding ortho intramolecular Hbond substituents is 2. The van der Waals surface area contributed by atoms with Crippen molar-refractivity contribution in [3.05, 3.63) is 57.6 Å². The number of hydrogen-bond donors (Lipinski definition) is 2. The molecule has 0 aromatic heterocycles. The normalized spacial score (nSPS) is 10.3. The molecule has 0 saturated carbocycles. The zero-order chi connectivity index (χ0) is 17.7. The van der Waals surface area contributed by atoms with Crippen LogP contribution in [0.1, 0.15) is 46.2 Å². The minimum absolute atomic E-state index is 0.0489. The van der Waals surface area contributed by atoms with E-state index in [0.717, 1.165) is 33.4 Å². The predicted molar refractivity (Wildman–Crippen MR) is 94.4 cm³/mol. The van der Waals surface area contributed by atoms with Crippen LogP contribution >= 0.6 is 17.0 Å². The quantitative estimate of drug-likeness (QED) is 0.624. The van der Waals surface area contributed by atoms with Crippen LogP contribution in [0.5, 0.6) is 11.5 Å². The van der Waals surface area contributed by atoms with Crippen LogP contribution in [0.2, 0.25) is 0 Å². The second-order valence-electron chi connectivity index (χ2n) is 5.83. The zero-order valence-electron chi connectivity index (χ0n) is 14.0. The molecule has 2 N–H and O–H groups in total. The first-order chi connectivity index (χ1) is 10.7. The van der Waals surface area contributed by atoms with E-state index in [2.05, 4.69) is 0 Å². The van der Waals surface area contributed by atoms with E-state index in [1.54, 1.807) is 0 Å². The van der Waals surface area contributed by atoms with Gasteiger partial charge in [-0.1, -0.05) is 42.3 Å². The molecule has 0 unspecified atom stereocenters. The Morgan fingerprint density at radius 1 is 0.783 bits per heavy atom. The van der Waals surface area contributed by atoms with Gasteiger partial charge in [0.15, 0.2) is 0 Å². The molecule has 2 aromatic carbocycles. The zero-order valence-corrected chi connectivity index (χ0v) is 18.0. The van der Waals surface area contributed by atoms with E-state index in [9.17, 15) is 10.2 Å². The molecule has 0 fully saturated rings. The summed E-state index contributed by atoms with van der Waals surface area (Å²) in [5.41, 5.74) is 5.70. The number of phenols is 2. The summed E-state index contributed by atoms with van der Waals surface area (Å²) in [5.74, 6) is 0.593. The Morgan fingerprint density at radius 3 is 1.39 bits per heavy atom. The first-order valence-electron chi connectivity index (χ1n) is 7.29. The molecule has 0 aliphatic carbocycles. The predicted octanol–water partition coefficient (Wildman–Crippen LogP) is 5.86. The van der Waals surface area contributed by atoms with E-state index in [0.29, 0.717) is 11.5 Å². The Hall–Kier alpha value is -0.497. The molecule has 0 amide bonds. The molecule has 124 valence electrons. The van der Waals surface area contributed by atoms with Crippen LogP contribution in [0.25, 0.3) is 0 Å². The van der Waals surface area contributed by atoms with Gasteiger partial charge in [0.1, 0.15) is 11.5 Å². The van der Waals surface area contributed by atoms with Gasteiger partial charge in [0.05, 0.1) is 0 Å². The van der Waals surface area contributed by atoms with Gasteiger partial charge >= 0.3 is 37.9 Å². The van der Waals surface area contributed by atoms with Crippen molar-refractivity contribution in [3.63, 3.8) is 0 Å². The van der Waals surface area contributed by atoms with Gasteiger partial charge in [0.25, 0.3) is 0 Å². The van der Waals surface area contributed by atoms with Gasteiger partial charge in [0.2, 0.25) is 0 Å². The van der Waals surface area contributed by atoms with Crippen molar-refractivity contribution in [2.75, 3.05) is 0 Å². The third-order valence-electron chi connectivity index (χ3n) is 3.88. The second-order valence-corrected chi connectivity index (χ2v) is 9.56. The van der Waals surface area contributed by atoms with Gasteiger partial charge in [-0.05, 0) is 38.8 Å². The summed E-state index contributed by atoms with van der Waals surface area (Å²) in [4.78, 5) is 0. The summed E-state index contributed by atoms with van der Waals surface area (Å²) in [7, 11) is 9.87. The molecule has 2 rings (SSSR count). The Bertz CT molecular complexity index is 630. The fourth-order valence-electron chi connectivity index (χ4n) is 2.81. The number of aromatic hydroxyl groups is 2. The molecule has 0 bridgehead atoms. The molecule has 0 heterocycles. The summed E-state index contributed by atoms with van der Waals surface area (Å²) >= 11 is -0.826. The second kappa shape index (κ2) is 9.11.